The van der Waals surface area contributed by atoms with E-state index in [2.05, 4.69) is 6.07 Å². The van der Waals surface area contributed by atoms with Crippen molar-refractivity contribution >= 4 is 0 Å². The van der Waals surface area contributed by atoms with E-state index in [9.17, 15) is 0 Å². The van der Waals surface area contributed by atoms with Gasteiger partial charge in [0.1, 0.15) is 11.5 Å². The predicted molar refractivity (Wildman–Crippen MR) is 59.4 cm³/mol. The maximum absolute atomic E-state index is 6.34. The normalized spacial score (nSPS) is 35.3. The second kappa shape index (κ2) is 3.11. The minimum Gasteiger partial charge on any atom is -0.466 e. The predicted octanol–water partition coefficient (Wildman–Crippen LogP) is 2.94. The first-order chi connectivity index (χ1) is 7.15. The molecule has 0 spiro atoms. The van der Waals surface area contributed by atoms with Crippen LogP contribution in [0.25, 0.3) is 0 Å². The maximum Gasteiger partial charge on any atom is 0.105 e. The molecule has 1 heterocycles. The number of furan rings is 1. The van der Waals surface area contributed by atoms with E-state index < -0.39 is 0 Å². The third-order valence-electron chi connectivity index (χ3n) is 4.23. The summed E-state index contributed by atoms with van der Waals surface area (Å²) in [7, 11) is 0. The van der Waals surface area contributed by atoms with Crippen molar-refractivity contribution in [2.45, 2.75) is 39.2 Å². The summed E-state index contributed by atoms with van der Waals surface area (Å²) >= 11 is 0. The van der Waals surface area contributed by atoms with E-state index in [0.717, 1.165) is 23.4 Å². The van der Waals surface area contributed by atoms with E-state index >= 15 is 0 Å². The Kier molecular flexibility index (Phi) is 1.96. The van der Waals surface area contributed by atoms with Gasteiger partial charge in [0.15, 0.2) is 0 Å². The highest BCUT2D eigenvalue weighted by Crippen LogP contribution is 2.56. The highest BCUT2D eigenvalue weighted by Gasteiger charge is 2.47. The van der Waals surface area contributed by atoms with Crippen LogP contribution < -0.4 is 5.73 Å². The molecule has 3 unspecified atom stereocenters. The Morgan fingerprint density at radius 1 is 1.27 bits per heavy atom. The molecule has 2 heteroatoms. The van der Waals surface area contributed by atoms with Crippen LogP contribution in [0.3, 0.4) is 0 Å². The molecule has 2 N–H and O–H groups in total. The molecule has 0 aromatic carbocycles. The SMILES string of the molecule is Cc1cc(C(N)C2CC3CC3C2)c(C)o1. The van der Waals surface area contributed by atoms with E-state index in [1.165, 1.54) is 24.8 Å². The van der Waals surface area contributed by atoms with Gasteiger partial charge in [-0.25, -0.2) is 0 Å². The third-order valence-corrected chi connectivity index (χ3v) is 4.23. The number of nitrogens with two attached hydrogens (primary N) is 1. The Hall–Kier alpha value is -0.760. The topological polar surface area (TPSA) is 39.2 Å². The van der Waals surface area contributed by atoms with Crippen molar-refractivity contribution in [3.63, 3.8) is 0 Å². The van der Waals surface area contributed by atoms with Crippen LogP contribution in [0.15, 0.2) is 10.5 Å². The van der Waals surface area contributed by atoms with E-state index in [0.29, 0.717) is 5.92 Å². The molecule has 2 aliphatic carbocycles. The highest BCUT2D eigenvalue weighted by atomic mass is 16.3. The van der Waals surface area contributed by atoms with Gasteiger partial charge in [0.25, 0.3) is 0 Å². The molecule has 0 bridgehead atoms. The Labute approximate surface area is 90.8 Å². The fourth-order valence-corrected chi connectivity index (χ4v) is 3.29. The Bertz CT molecular complexity index is 372. The molecule has 2 fully saturated rings. The van der Waals surface area contributed by atoms with Crippen molar-refractivity contribution in [2.24, 2.45) is 23.5 Å². The van der Waals surface area contributed by atoms with Gasteiger partial charge in [-0.3, -0.25) is 0 Å². The van der Waals surface area contributed by atoms with Gasteiger partial charge in [-0.05, 0) is 56.9 Å². The zero-order chi connectivity index (χ0) is 10.6. The lowest BCUT2D eigenvalue weighted by Gasteiger charge is -2.19. The van der Waals surface area contributed by atoms with Crippen molar-refractivity contribution < 1.29 is 4.42 Å². The first-order valence-corrected chi connectivity index (χ1v) is 5.97. The molecule has 2 saturated carbocycles. The lowest BCUT2D eigenvalue weighted by atomic mass is 9.90. The quantitative estimate of drug-likeness (QED) is 0.806. The molecular formula is C13H19NO. The summed E-state index contributed by atoms with van der Waals surface area (Å²) in [6, 6.07) is 2.32. The standard InChI is InChI=1S/C13H19NO/c1-7-3-12(8(2)15-7)13(14)11-5-9-4-10(9)6-11/h3,9-11,13H,4-6,14H2,1-2H3. The minimum absolute atomic E-state index is 0.204. The first kappa shape index (κ1) is 9.46. The Morgan fingerprint density at radius 3 is 2.47 bits per heavy atom. The van der Waals surface area contributed by atoms with Crippen LogP contribution in [0, 0.1) is 31.6 Å². The average molecular weight is 205 g/mol. The van der Waals surface area contributed by atoms with Crippen molar-refractivity contribution in [3.05, 3.63) is 23.2 Å². The summed E-state index contributed by atoms with van der Waals surface area (Å²) in [6.45, 7) is 4.02. The van der Waals surface area contributed by atoms with Crippen LogP contribution in [-0.2, 0) is 0 Å². The van der Waals surface area contributed by atoms with Crippen molar-refractivity contribution in [1.82, 2.24) is 0 Å². The molecule has 82 valence electrons. The van der Waals surface area contributed by atoms with E-state index in [1.807, 2.05) is 13.8 Å². The monoisotopic (exact) mass is 205 g/mol. The number of rotatable bonds is 2. The molecule has 1 aromatic rings. The number of hydrogen-bond acceptors (Lipinski definition) is 2. The molecule has 0 amide bonds. The van der Waals surface area contributed by atoms with Crippen LogP contribution >= 0.6 is 0 Å². The summed E-state index contributed by atoms with van der Waals surface area (Å²) in [4.78, 5) is 0. The summed E-state index contributed by atoms with van der Waals surface area (Å²) in [5, 5.41) is 0. The fourth-order valence-electron chi connectivity index (χ4n) is 3.29. The molecule has 3 atom stereocenters. The summed E-state index contributed by atoms with van der Waals surface area (Å²) in [5.74, 6) is 4.72. The van der Waals surface area contributed by atoms with Gasteiger partial charge in [-0.2, -0.15) is 0 Å². The molecule has 3 rings (SSSR count). The van der Waals surface area contributed by atoms with Gasteiger partial charge in [0.05, 0.1) is 0 Å². The number of hydrogen-bond donors (Lipinski definition) is 1. The van der Waals surface area contributed by atoms with Gasteiger partial charge >= 0.3 is 0 Å². The minimum atomic E-state index is 0.204. The van der Waals surface area contributed by atoms with Crippen LogP contribution in [0.4, 0.5) is 0 Å². The summed E-state index contributed by atoms with van der Waals surface area (Å²) in [6.07, 6.45) is 4.15. The maximum atomic E-state index is 6.34. The van der Waals surface area contributed by atoms with Crippen LogP contribution in [0.2, 0.25) is 0 Å². The van der Waals surface area contributed by atoms with Crippen molar-refractivity contribution in [2.75, 3.05) is 0 Å². The molecule has 0 saturated heterocycles. The zero-order valence-electron chi connectivity index (χ0n) is 9.49. The lowest BCUT2D eigenvalue weighted by Crippen LogP contribution is -2.20. The van der Waals surface area contributed by atoms with Gasteiger partial charge in [-0.1, -0.05) is 0 Å². The van der Waals surface area contributed by atoms with Gasteiger partial charge in [0, 0.05) is 11.6 Å². The Morgan fingerprint density at radius 2 is 1.93 bits per heavy atom. The highest BCUT2D eigenvalue weighted by molar-refractivity contribution is 5.25. The molecule has 2 nitrogen and oxygen atoms in total. The van der Waals surface area contributed by atoms with Crippen molar-refractivity contribution in [3.8, 4) is 0 Å². The Balaban J connectivity index is 1.78. The molecule has 0 radical (unpaired) electrons. The number of aryl methyl sites for hydroxylation is 2. The third kappa shape index (κ3) is 1.51. The number of fused-ring (bicyclic) bond motifs is 1. The fraction of sp³-hybridized carbons (Fsp3) is 0.692. The molecule has 0 aliphatic heterocycles. The van der Waals surface area contributed by atoms with Crippen LogP contribution in [-0.4, -0.2) is 0 Å². The molecule has 1 aromatic heterocycles. The average Bonchev–Trinajstić information content (AvgIpc) is 2.65. The van der Waals surface area contributed by atoms with Gasteiger partial charge in [-0.15, -0.1) is 0 Å². The van der Waals surface area contributed by atoms with E-state index in [4.69, 9.17) is 10.2 Å². The van der Waals surface area contributed by atoms with Crippen LogP contribution in [0.5, 0.6) is 0 Å². The van der Waals surface area contributed by atoms with Crippen LogP contribution in [0.1, 0.15) is 42.4 Å². The largest absolute Gasteiger partial charge is 0.466 e. The smallest absolute Gasteiger partial charge is 0.105 e. The van der Waals surface area contributed by atoms with E-state index in [1.54, 1.807) is 0 Å². The summed E-state index contributed by atoms with van der Waals surface area (Å²) in [5.41, 5.74) is 7.57. The molecule has 15 heavy (non-hydrogen) atoms. The van der Waals surface area contributed by atoms with Crippen molar-refractivity contribution in [1.29, 1.82) is 0 Å². The summed E-state index contributed by atoms with van der Waals surface area (Å²) < 4.78 is 5.55. The molecular weight excluding hydrogens is 186 g/mol. The molecule has 2 aliphatic rings. The second-order valence-corrected chi connectivity index (χ2v) is 5.38. The van der Waals surface area contributed by atoms with Gasteiger partial charge < -0.3 is 10.2 Å². The van der Waals surface area contributed by atoms with Gasteiger partial charge in [0.2, 0.25) is 0 Å². The second-order valence-electron chi connectivity index (χ2n) is 5.38. The van der Waals surface area contributed by atoms with E-state index in [-0.39, 0.29) is 6.04 Å². The first-order valence-electron chi connectivity index (χ1n) is 5.97. The lowest BCUT2D eigenvalue weighted by molar-refractivity contribution is 0.397. The zero-order valence-corrected chi connectivity index (χ0v) is 9.49.